The molecule has 2 nitrogen and oxygen atoms in total. The molecule has 16 heavy (non-hydrogen) atoms. The quantitative estimate of drug-likeness (QED) is 0.612. The fourth-order valence-electron chi connectivity index (χ4n) is 0.954. The van der Waals surface area contributed by atoms with Gasteiger partial charge in [-0.05, 0) is 40.8 Å². The molecule has 6 heteroatoms. The topological polar surface area (TPSA) is 18.5 Å². The number of halogens is 4. The van der Waals surface area contributed by atoms with Crippen molar-refractivity contribution in [1.29, 1.82) is 0 Å². The van der Waals surface area contributed by atoms with E-state index >= 15 is 0 Å². The number of benzene rings is 1. The summed E-state index contributed by atoms with van der Waals surface area (Å²) in [6.45, 7) is 3.53. The molecule has 0 unspecified atom stereocenters. The lowest BCUT2D eigenvalue weighted by Crippen LogP contribution is -2.17. The van der Waals surface area contributed by atoms with Crippen LogP contribution in [0.1, 0.15) is 0 Å². The van der Waals surface area contributed by atoms with Crippen molar-refractivity contribution in [2.24, 2.45) is 0 Å². The highest BCUT2D eigenvalue weighted by Gasteiger charge is 2.32. The largest absolute Gasteiger partial charge is 0.573 e. The van der Waals surface area contributed by atoms with Gasteiger partial charge in [0, 0.05) is 3.57 Å². The summed E-state index contributed by atoms with van der Waals surface area (Å²) in [5, 5.41) is 0. The zero-order valence-corrected chi connectivity index (χ0v) is 10.2. The first-order valence-corrected chi connectivity index (χ1v) is 5.29. The van der Waals surface area contributed by atoms with E-state index < -0.39 is 6.36 Å². The van der Waals surface area contributed by atoms with Crippen LogP contribution in [-0.4, -0.2) is 13.0 Å². The number of hydrogen-bond acceptors (Lipinski definition) is 2. The summed E-state index contributed by atoms with van der Waals surface area (Å²) in [7, 11) is 0. The Morgan fingerprint density at radius 3 is 2.56 bits per heavy atom. The molecule has 0 aliphatic heterocycles. The second-order valence-electron chi connectivity index (χ2n) is 2.74. The fourth-order valence-corrected chi connectivity index (χ4v) is 1.42. The minimum atomic E-state index is -4.73. The molecule has 0 bridgehead atoms. The standard InChI is InChI=1S/C10H8F3IO2/c1-2-5-15-8-4-3-7(14)6-9(8)16-10(11,12)13/h2-4,6H,1,5H2. The van der Waals surface area contributed by atoms with Gasteiger partial charge in [-0.3, -0.25) is 0 Å². The molecule has 0 amide bonds. The third-order valence-electron chi connectivity index (χ3n) is 1.49. The molecular formula is C10H8F3IO2. The van der Waals surface area contributed by atoms with E-state index in [0.717, 1.165) is 0 Å². The fraction of sp³-hybridized carbons (Fsp3) is 0.200. The van der Waals surface area contributed by atoms with Crippen LogP contribution in [0.3, 0.4) is 0 Å². The predicted octanol–water partition coefficient (Wildman–Crippen LogP) is 3.75. The Hall–Kier alpha value is -0.920. The molecule has 0 aromatic heterocycles. The normalized spacial score (nSPS) is 11.0. The van der Waals surface area contributed by atoms with Gasteiger partial charge in [-0.25, -0.2) is 0 Å². The third-order valence-corrected chi connectivity index (χ3v) is 2.16. The van der Waals surface area contributed by atoms with Gasteiger partial charge in [0.2, 0.25) is 0 Å². The molecule has 0 aliphatic rings. The third kappa shape index (κ3) is 4.30. The summed E-state index contributed by atoms with van der Waals surface area (Å²) < 4.78 is 45.7. The van der Waals surface area contributed by atoms with Crippen molar-refractivity contribution in [3.05, 3.63) is 34.4 Å². The number of rotatable bonds is 4. The van der Waals surface area contributed by atoms with Gasteiger partial charge in [-0.2, -0.15) is 0 Å². The van der Waals surface area contributed by atoms with Gasteiger partial charge in [0.05, 0.1) is 0 Å². The van der Waals surface area contributed by atoms with Crippen molar-refractivity contribution >= 4 is 22.6 Å². The summed E-state index contributed by atoms with van der Waals surface area (Å²) in [5.41, 5.74) is 0. The van der Waals surface area contributed by atoms with Crippen LogP contribution in [0, 0.1) is 3.57 Å². The highest BCUT2D eigenvalue weighted by atomic mass is 127. The molecule has 0 saturated heterocycles. The van der Waals surface area contributed by atoms with Crippen molar-refractivity contribution in [3.8, 4) is 11.5 Å². The first-order chi connectivity index (χ1) is 7.42. The van der Waals surface area contributed by atoms with Crippen molar-refractivity contribution < 1.29 is 22.6 Å². The van der Waals surface area contributed by atoms with Gasteiger partial charge in [-0.15, -0.1) is 13.2 Å². The lowest BCUT2D eigenvalue weighted by atomic mass is 10.3. The first kappa shape index (κ1) is 13.1. The molecule has 0 radical (unpaired) electrons. The summed E-state index contributed by atoms with van der Waals surface area (Å²) in [5.74, 6) is -0.307. The van der Waals surface area contributed by atoms with Crippen molar-refractivity contribution in [2.75, 3.05) is 6.61 Å². The van der Waals surface area contributed by atoms with Crippen LogP contribution in [0.4, 0.5) is 13.2 Å². The van der Waals surface area contributed by atoms with E-state index in [0.29, 0.717) is 3.57 Å². The SMILES string of the molecule is C=CCOc1ccc(I)cc1OC(F)(F)F. The Bertz CT molecular complexity index is 377. The van der Waals surface area contributed by atoms with E-state index in [1.54, 1.807) is 6.07 Å². The van der Waals surface area contributed by atoms with Crippen LogP contribution in [0.2, 0.25) is 0 Å². The van der Waals surface area contributed by atoms with Gasteiger partial charge in [0.25, 0.3) is 0 Å². The molecule has 0 N–H and O–H groups in total. The Balaban J connectivity index is 2.93. The Morgan fingerprint density at radius 2 is 2.00 bits per heavy atom. The molecule has 0 saturated carbocycles. The van der Waals surface area contributed by atoms with Gasteiger partial charge in [-0.1, -0.05) is 12.7 Å². The zero-order chi connectivity index (χ0) is 12.2. The van der Waals surface area contributed by atoms with Crippen LogP contribution >= 0.6 is 22.6 Å². The Kier molecular flexibility index (Phi) is 4.45. The monoisotopic (exact) mass is 344 g/mol. The lowest BCUT2D eigenvalue weighted by molar-refractivity contribution is -0.275. The molecule has 1 aromatic carbocycles. The minimum absolute atomic E-state index is 0.0395. The number of hydrogen-bond donors (Lipinski definition) is 0. The maximum Gasteiger partial charge on any atom is 0.573 e. The number of ether oxygens (including phenoxy) is 2. The second-order valence-corrected chi connectivity index (χ2v) is 3.98. The summed E-state index contributed by atoms with van der Waals surface area (Å²) in [4.78, 5) is 0. The van der Waals surface area contributed by atoms with E-state index in [-0.39, 0.29) is 18.1 Å². The highest BCUT2D eigenvalue weighted by Crippen LogP contribution is 2.33. The van der Waals surface area contributed by atoms with Crippen LogP contribution in [0.15, 0.2) is 30.9 Å². The lowest BCUT2D eigenvalue weighted by Gasteiger charge is -2.13. The van der Waals surface area contributed by atoms with E-state index in [2.05, 4.69) is 11.3 Å². The molecule has 0 fully saturated rings. The van der Waals surface area contributed by atoms with Crippen molar-refractivity contribution in [3.63, 3.8) is 0 Å². The summed E-state index contributed by atoms with van der Waals surface area (Å²) in [6, 6.07) is 4.31. The van der Waals surface area contributed by atoms with Crippen LogP contribution < -0.4 is 9.47 Å². The molecule has 1 aromatic rings. The molecule has 1 rings (SSSR count). The van der Waals surface area contributed by atoms with E-state index in [9.17, 15) is 13.2 Å². The smallest absolute Gasteiger partial charge is 0.486 e. The van der Waals surface area contributed by atoms with Crippen LogP contribution in [-0.2, 0) is 0 Å². The Labute approximate surface area is 104 Å². The summed E-state index contributed by atoms with van der Waals surface area (Å²) >= 11 is 1.89. The van der Waals surface area contributed by atoms with Gasteiger partial charge >= 0.3 is 6.36 Å². The first-order valence-electron chi connectivity index (χ1n) is 4.21. The second kappa shape index (κ2) is 5.42. The van der Waals surface area contributed by atoms with Crippen LogP contribution in [0.5, 0.6) is 11.5 Å². The molecule has 0 spiro atoms. The van der Waals surface area contributed by atoms with E-state index in [1.165, 1.54) is 18.2 Å². The summed E-state index contributed by atoms with van der Waals surface area (Å²) in [6.07, 6.45) is -3.29. The van der Waals surface area contributed by atoms with Gasteiger partial charge in [0.15, 0.2) is 11.5 Å². The molecule has 88 valence electrons. The maximum absolute atomic E-state index is 12.1. The number of alkyl halides is 3. The average molecular weight is 344 g/mol. The van der Waals surface area contributed by atoms with Crippen molar-refractivity contribution in [1.82, 2.24) is 0 Å². The molecule has 0 heterocycles. The van der Waals surface area contributed by atoms with E-state index in [1.807, 2.05) is 22.6 Å². The molecule has 0 aliphatic carbocycles. The highest BCUT2D eigenvalue weighted by molar-refractivity contribution is 14.1. The van der Waals surface area contributed by atoms with Gasteiger partial charge < -0.3 is 9.47 Å². The molecule has 0 atom stereocenters. The van der Waals surface area contributed by atoms with Crippen LogP contribution in [0.25, 0.3) is 0 Å². The Morgan fingerprint density at radius 1 is 1.31 bits per heavy atom. The zero-order valence-electron chi connectivity index (χ0n) is 8.05. The van der Waals surface area contributed by atoms with Crippen molar-refractivity contribution in [2.45, 2.75) is 6.36 Å². The predicted molar refractivity (Wildman–Crippen MR) is 61.5 cm³/mol. The van der Waals surface area contributed by atoms with Gasteiger partial charge in [0.1, 0.15) is 6.61 Å². The van der Waals surface area contributed by atoms with E-state index in [4.69, 9.17) is 4.74 Å². The average Bonchev–Trinajstić information content (AvgIpc) is 2.14. The maximum atomic E-state index is 12.1. The molecular weight excluding hydrogens is 336 g/mol. The minimum Gasteiger partial charge on any atom is -0.486 e.